The van der Waals surface area contributed by atoms with Gasteiger partial charge in [-0.2, -0.15) is 0 Å². The number of nitrogens with one attached hydrogen (secondary N) is 1. The zero-order valence-electron chi connectivity index (χ0n) is 27.6. The molecule has 1 N–H and O–H groups in total. The second-order valence-electron chi connectivity index (χ2n) is 13.3. The highest BCUT2D eigenvalue weighted by molar-refractivity contribution is 5.86. The van der Waals surface area contributed by atoms with Crippen LogP contribution in [0.4, 0.5) is 18.4 Å². The predicted molar refractivity (Wildman–Crippen MR) is 169 cm³/mol. The van der Waals surface area contributed by atoms with Crippen molar-refractivity contribution in [1.29, 1.82) is 0 Å². The summed E-state index contributed by atoms with van der Waals surface area (Å²) in [6, 6.07) is 7.06. The van der Waals surface area contributed by atoms with Gasteiger partial charge in [-0.3, -0.25) is 4.79 Å². The zero-order chi connectivity index (χ0) is 33.6. The first-order chi connectivity index (χ1) is 21.7. The molecule has 252 valence electrons. The molecule has 3 amide bonds. The summed E-state index contributed by atoms with van der Waals surface area (Å²) in [6.07, 6.45) is 0.816. The number of piperidine rings is 1. The van der Waals surface area contributed by atoms with E-state index in [1.807, 2.05) is 20.8 Å². The molecule has 0 radical (unpaired) electrons. The molecule has 4 rings (SSSR count). The number of pyridine rings is 1. The zero-order valence-corrected chi connectivity index (χ0v) is 27.6. The van der Waals surface area contributed by atoms with Crippen LogP contribution >= 0.6 is 0 Å². The summed E-state index contributed by atoms with van der Waals surface area (Å²) in [5, 5.41) is 2.56. The first kappa shape index (κ1) is 34.9. The van der Waals surface area contributed by atoms with Crippen LogP contribution in [0.15, 0.2) is 36.5 Å². The van der Waals surface area contributed by atoms with Gasteiger partial charge in [0, 0.05) is 43.9 Å². The Morgan fingerprint density at radius 3 is 2.24 bits per heavy atom. The SMILES string of the molecule is CC(C)OC(=O)N1CCC(C(C)Oc2ccc(-c3ccc(C[C@H](NC(=O)OC(C)(C)C)C(=O)N4CC[C@H](F)C4)c(F)c3)cn2)CC1. The van der Waals surface area contributed by atoms with Crippen molar-refractivity contribution in [3.05, 3.63) is 47.9 Å². The molecule has 1 aromatic carbocycles. The van der Waals surface area contributed by atoms with Crippen LogP contribution in [0, 0.1) is 11.7 Å². The average Bonchev–Trinajstić information content (AvgIpc) is 3.42. The Morgan fingerprint density at radius 2 is 1.67 bits per heavy atom. The summed E-state index contributed by atoms with van der Waals surface area (Å²) in [5.74, 6) is -0.330. The van der Waals surface area contributed by atoms with Gasteiger partial charge in [0.25, 0.3) is 0 Å². The molecule has 0 bridgehead atoms. The number of likely N-dealkylation sites (tertiary alicyclic amines) is 2. The first-order valence-electron chi connectivity index (χ1n) is 16.0. The standard InChI is InChI=1S/C34H46F2N4O6/c1-21(2)44-33(43)39-14-11-23(12-15-39)22(3)45-30-10-9-26(19-37-30)24-7-8-25(28(36)17-24)18-29(38-32(42)46-34(4,5)6)31(41)40-16-13-27(35)20-40/h7-10,17,19,21-23,27,29H,11-16,18,20H2,1-6H3,(H,38,42)/t22?,27-,29-/m0/s1. The Morgan fingerprint density at radius 1 is 1.00 bits per heavy atom. The lowest BCUT2D eigenvalue weighted by atomic mass is 9.92. The maximum atomic E-state index is 15.4. The minimum atomic E-state index is -1.13. The van der Waals surface area contributed by atoms with Crippen LogP contribution in [0.2, 0.25) is 0 Å². The molecule has 2 aliphatic rings. The molecule has 2 aromatic rings. The van der Waals surface area contributed by atoms with Gasteiger partial charge in [0.2, 0.25) is 11.8 Å². The molecule has 12 heteroatoms. The maximum Gasteiger partial charge on any atom is 0.410 e. The van der Waals surface area contributed by atoms with Gasteiger partial charge >= 0.3 is 12.2 Å². The summed E-state index contributed by atoms with van der Waals surface area (Å²) < 4.78 is 45.9. The molecule has 0 aliphatic carbocycles. The molecule has 3 heterocycles. The molecule has 2 saturated heterocycles. The van der Waals surface area contributed by atoms with Crippen molar-refractivity contribution in [1.82, 2.24) is 20.1 Å². The number of nitrogens with zero attached hydrogens (tertiary/aromatic N) is 3. The lowest BCUT2D eigenvalue weighted by Gasteiger charge is -2.34. The summed E-state index contributed by atoms with van der Waals surface area (Å²) in [6.45, 7) is 12.1. The number of halogens is 2. The summed E-state index contributed by atoms with van der Waals surface area (Å²) in [4.78, 5) is 45.4. The van der Waals surface area contributed by atoms with Crippen molar-refractivity contribution < 1.29 is 37.4 Å². The minimum Gasteiger partial charge on any atom is -0.474 e. The van der Waals surface area contributed by atoms with Crippen LogP contribution < -0.4 is 10.1 Å². The number of hydrogen-bond acceptors (Lipinski definition) is 7. The van der Waals surface area contributed by atoms with E-state index in [0.717, 1.165) is 12.8 Å². The third-order valence-corrected chi connectivity index (χ3v) is 8.08. The Bertz CT molecular complexity index is 1360. The normalized spacial score (nSPS) is 18.7. The number of hydrogen-bond donors (Lipinski definition) is 1. The molecule has 0 spiro atoms. The van der Waals surface area contributed by atoms with E-state index in [9.17, 15) is 18.8 Å². The van der Waals surface area contributed by atoms with Crippen molar-refractivity contribution in [2.45, 2.75) is 97.2 Å². The summed E-state index contributed by atoms with van der Waals surface area (Å²) in [5.41, 5.74) is 0.682. The van der Waals surface area contributed by atoms with Crippen LogP contribution in [0.3, 0.4) is 0 Å². The third kappa shape index (κ3) is 9.77. The number of amides is 3. The van der Waals surface area contributed by atoms with Gasteiger partial charge in [-0.1, -0.05) is 12.1 Å². The highest BCUT2D eigenvalue weighted by Crippen LogP contribution is 2.27. The van der Waals surface area contributed by atoms with Gasteiger partial charge in [-0.05, 0) is 90.0 Å². The van der Waals surface area contributed by atoms with Crippen LogP contribution in [-0.2, 0) is 20.7 Å². The maximum absolute atomic E-state index is 15.4. The number of carbonyl (C=O) groups is 3. The van der Waals surface area contributed by atoms with Crippen LogP contribution in [0.5, 0.6) is 5.88 Å². The largest absolute Gasteiger partial charge is 0.474 e. The number of alkyl carbamates (subject to hydrolysis) is 1. The van der Waals surface area contributed by atoms with Gasteiger partial charge in [0.15, 0.2) is 0 Å². The monoisotopic (exact) mass is 644 g/mol. The molecular weight excluding hydrogens is 598 g/mol. The van der Waals surface area contributed by atoms with Crippen molar-refractivity contribution in [2.24, 2.45) is 5.92 Å². The van der Waals surface area contributed by atoms with Gasteiger partial charge in [0.1, 0.15) is 29.7 Å². The van der Waals surface area contributed by atoms with Gasteiger partial charge in [0.05, 0.1) is 12.6 Å². The molecule has 3 atom stereocenters. The molecule has 1 unspecified atom stereocenters. The van der Waals surface area contributed by atoms with E-state index in [1.165, 1.54) is 11.0 Å². The van der Waals surface area contributed by atoms with Crippen LogP contribution in [0.1, 0.15) is 66.4 Å². The van der Waals surface area contributed by atoms with E-state index in [4.69, 9.17) is 14.2 Å². The molecule has 1 aromatic heterocycles. The average molecular weight is 645 g/mol. The summed E-state index contributed by atoms with van der Waals surface area (Å²) in [7, 11) is 0. The fraction of sp³-hybridized carbons (Fsp3) is 0.588. The molecule has 46 heavy (non-hydrogen) atoms. The fourth-order valence-electron chi connectivity index (χ4n) is 5.64. The minimum absolute atomic E-state index is 0.0631. The highest BCUT2D eigenvalue weighted by atomic mass is 19.1. The van der Waals surface area contributed by atoms with E-state index in [1.54, 1.807) is 56.1 Å². The van der Waals surface area contributed by atoms with E-state index < -0.39 is 35.6 Å². The number of carbonyl (C=O) groups excluding carboxylic acids is 3. The second kappa shape index (κ2) is 15.1. The van der Waals surface area contributed by atoms with E-state index in [0.29, 0.717) is 30.1 Å². The topological polar surface area (TPSA) is 110 Å². The third-order valence-electron chi connectivity index (χ3n) is 8.08. The Hall–Kier alpha value is -3.96. The van der Waals surface area contributed by atoms with Crippen molar-refractivity contribution in [2.75, 3.05) is 26.2 Å². The Labute approximate surface area is 269 Å². The van der Waals surface area contributed by atoms with Gasteiger partial charge in [-0.15, -0.1) is 0 Å². The molecular formula is C34H46F2N4O6. The van der Waals surface area contributed by atoms with Crippen LogP contribution in [-0.4, -0.2) is 89.1 Å². The quantitative estimate of drug-likeness (QED) is 0.361. The number of benzene rings is 1. The molecule has 0 saturated carbocycles. The first-order valence-corrected chi connectivity index (χ1v) is 16.0. The summed E-state index contributed by atoms with van der Waals surface area (Å²) >= 11 is 0. The smallest absolute Gasteiger partial charge is 0.410 e. The number of ether oxygens (including phenoxy) is 3. The van der Waals surface area contributed by atoms with Crippen LogP contribution in [0.25, 0.3) is 11.1 Å². The lowest BCUT2D eigenvalue weighted by Crippen LogP contribution is -2.50. The highest BCUT2D eigenvalue weighted by Gasteiger charge is 2.33. The number of aromatic nitrogens is 1. The Balaban J connectivity index is 1.37. The molecule has 2 fully saturated rings. The predicted octanol–water partition coefficient (Wildman–Crippen LogP) is 5.92. The van der Waals surface area contributed by atoms with E-state index in [2.05, 4.69) is 10.3 Å². The van der Waals surface area contributed by atoms with Gasteiger partial charge < -0.3 is 29.3 Å². The number of rotatable bonds is 9. The van der Waals surface area contributed by atoms with Crippen molar-refractivity contribution in [3.63, 3.8) is 0 Å². The van der Waals surface area contributed by atoms with Crippen molar-refractivity contribution >= 4 is 18.1 Å². The van der Waals surface area contributed by atoms with Crippen molar-refractivity contribution in [3.8, 4) is 17.0 Å². The molecule has 2 aliphatic heterocycles. The van der Waals surface area contributed by atoms with E-state index in [-0.39, 0.29) is 55.7 Å². The molecule has 10 nitrogen and oxygen atoms in total. The second-order valence-corrected chi connectivity index (χ2v) is 13.3. The Kier molecular flexibility index (Phi) is 11.4. The fourth-order valence-corrected chi connectivity index (χ4v) is 5.64. The van der Waals surface area contributed by atoms with Gasteiger partial charge in [-0.25, -0.2) is 23.4 Å². The number of alkyl halides is 1. The van der Waals surface area contributed by atoms with E-state index >= 15 is 4.39 Å². The lowest BCUT2D eigenvalue weighted by molar-refractivity contribution is -0.132.